The van der Waals surface area contributed by atoms with Crippen molar-refractivity contribution in [2.45, 2.75) is 0 Å². The van der Waals surface area contributed by atoms with Crippen molar-refractivity contribution in [1.29, 1.82) is 5.41 Å². The average Bonchev–Trinajstić information content (AvgIpc) is 2.65. The predicted octanol–water partition coefficient (Wildman–Crippen LogP) is 2.35. The van der Waals surface area contributed by atoms with Gasteiger partial charge in [-0.25, -0.2) is 4.79 Å². The van der Waals surface area contributed by atoms with Crippen LogP contribution in [0.1, 0.15) is 15.9 Å². The Labute approximate surface area is 185 Å². The Kier molecular flexibility index (Phi) is 9.47. The second kappa shape index (κ2) is 11.3. The Hall–Kier alpha value is -3.32. The van der Waals surface area contributed by atoms with Gasteiger partial charge in [-0.3, -0.25) is 14.5 Å². The molecule has 0 aliphatic rings. The van der Waals surface area contributed by atoms with E-state index in [9.17, 15) is 21.6 Å². The maximum Gasteiger partial charge on any atom is 0.343 e. The van der Waals surface area contributed by atoms with E-state index in [4.69, 9.17) is 25.0 Å². The summed E-state index contributed by atoms with van der Waals surface area (Å²) in [5.74, 6) is 0.124. The molecule has 0 aliphatic carbocycles. The molecular weight excluding hydrogens is 460 g/mol. The van der Waals surface area contributed by atoms with Gasteiger partial charge in [-0.15, -0.1) is 0 Å². The van der Waals surface area contributed by atoms with Gasteiger partial charge in [0.05, 0.1) is 18.1 Å². The van der Waals surface area contributed by atoms with Gasteiger partial charge in [0.25, 0.3) is 20.2 Å². The van der Waals surface area contributed by atoms with Crippen LogP contribution in [0.4, 0.5) is 0 Å². The van der Waals surface area contributed by atoms with E-state index in [0.29, 0.717) is 29.4 Å². The summed E-state index contributed by atoms with van der Waals surface area (Å²) in [4.78, 5) is 12.0. The first-order valence-corrected chi connectivity index (χ1v) is 12.3. The molecule has 0 amide bonds. The third-order valence-electron chi connectivity index (χ3n) is 3.34. The van der Waals surface area contributed by atoms with Crippen molar-refractivity contribution >= 4 is 42.8 Å². The second-order valence-electron chi connectivity index (χ2n) is 6.36. The van der Waals surface area contributed by atoms with Crippen molar-refractivity contribution < 1.29 is 35.5 Å². The lowest BCUT2D eigenvalue weighted by atomic mass is 10.1. The number of hydrogen-bond acceptors (Lipinski definition) is 7. The minimum Gasteiger partial charge on any atom is -0.423 e. The molecule has 10 nitrogen and oxygen atoms in total. The maximum atomic E-state index is 12.0. The molecule has 3 rings (SSSR count). The number of nitrogen functional groups attached to an aromatic ring is 1. The summed E-state index contributed by atoms with van der Waals surface area (Å²) >= 11 is 0. The normalized spacial score (nSPS) is 10.8. The van der Waals surface area contributed by atoms with Crippen molar-refractivity contribution in [1.82, 2.24) is 0 Å². The summed E-state index contributed by atoms with van der Waals surface area (Å²) in [7, 11) is -7.33. The van der Waals surface area contributed by atoms with Crippen molar-refractivity contribution in [3.8, 4) is 5.75 Å². The van der Waals surface area contributed by atoms with E-state index in [1.807, 2.05) is 24.3 Å². The van der Waals surface area contributed by atoms with Crippen LogP contribution in [0.2, 0.25) is 0 Å². The lowest BCUT2D eigenvalue weighted by molar-refractivity contribution is 0.0735. The maximum absolute atomic E-state index is 12.0. The second-order valence-corrected chi connectivity index (χ2v) is 9.29. The lowest BCUT2D eigenvalue weighted by Gasteiger charge is -2.07. The fourth-order valence-corrected chi connectivity index (χ4v) is 2.20. The molecule has 0 aromatic heterocycles. The van der Waals surface area contributed by atoms with Crippen LogP contribution in [0.25, 0.3) is 10.8 Å². The quantitative estimate of drug-likeness (QED) is 0.143. The van der Waals surface area contributed by atoms with E-state index in [1.165, 1.54) is 0 Å². The Morgan fingerprint density at radius 3 is 1.78 bits per heavy atom. The molecule has 0 saturated heterocycles. The number of fused-ring (bicyclic) bond motifs is 1. The Bertz CT molecular complexity index is 1260. The van der Waals surface area contributed by atoms with Crippen molar-refractivity contribution in [2.24, 2.45) is 5.73 Å². The minimum absolute atomic E-state index is 0.0291. The SMILES string of the molecule is CS(=O)(=O)O.CS(=O)(=O)O.N=C(N)c1ccc2cc(OC(=O)c3ccccc3)ccc2c1. The van der Waals surface area contributed by atoms with Crippen LogP contribution in [-0.4, -0.2) is 50.3 Å². The number of esters is 1. The molecule has 32 heavy (non-hydrogen) atoms. The van der Waals surface area contributed by atoms with Gasteiger partial charge in [0.2, 0.25) is 0 Å². The van der Waals surface area contributed by atoms with E-state index < -0.39 is 20.2 Å². The molecule has 172 valence electrons. The summed E-state index contributed by atoms with van der Waals surface area (Å²) in [5, 5.41) is 9.31. The summed E-state index contributed by atoms with van der Waals surface area (Å²) in [6, 6.07) is 19.7. The summed E-state index contributed by atoms with van der Waals surface area (Å²) in [5.41, 5.74) is 6.66. The van der Waals surface area contributed by atoms with E-state index in [0.717, 1.165) is 10.8 Å². The monoisotopic (exact) mass is 482 g/mol. The number of benzene rings is 3. The van der Waals surface area contributed by atoms with Gasteiger partial charge in [-0.2, -0.15) is 16.8 Å². The van der Waals surface area contributed by atoms with Gasteiger partial charge >= 0.3 is 5.97 Å². The third-order valence-corrected chi connectivity index (χ3v) is 3.34. The number of amidine groups is 1. The molecule has 0 radical (unpaired) electrons. The highest BCUT2D eigenvalue weighted by Gasteiger charge is 2.08. The first kappa shape index (κ1) is 26.7. The van der Waals surface area contributed by atoms with E-state index >= 15 is 0 Å². The number of hydrogen-bond donors (Lipinski definition) is 4. The Morgan fingerprint density at radius 1 is 0.812 bits per heavy atom. The Morgan fingerprint density at radius 2 is 1.28 bits per heavy atom. The van der Waals surface area contributed by atoms with E-state index in [2.05, 4.69) is 0 Å². The van der Waals surface area contributed by atoms with Crippen LogP contribution in [-0.2, 0) is 20.2 Å². The summed E-state index contributed by atoms with van der Waals surface area (Å²) < 4.78 is 57.1. The van der Waals surface area contributed by atoms with Gasteiger partial charge in [-0.05, 0) is 41.1 Å². The first-order valence-electron chi connectivity index (χ1n) is 8.64. The number of rotatable bonds is 3. The smallest absolute Gasteiger partial charge is 0.343 e. The number of ether oxygens (including phenoxy) is 1. The molecule has 0 saturated carbocycles. The molecule has 5 N–H and O–H groups in total. The highest BCUT2D eigenvalue weighted by atomic mass is 32.2. The predicted molar refractivity (Wildman–Crippen MR) is 121 cm³/mol. The van der Waals surface area contributed by atoms with Crippen LogP contribution in [0.15, 0.2) is 66.7 Å². The van der Waals surface area contributed by atoms with Gasteiger partial charge < -0.3 is 10.5 Å². The van der Waals surface area contributed by atoms with E-state index in [1.54, 1.807) is 42.5 Å². The van der Waals surface area contributed by atoms with Crippen LogP contribution >= 0.6 is 0 Å². The summed E-state index contributed by atoms with van der Waals surface area (Å²) in [6.07, 6.45) is 1.43. The van der Waals surface area contributed by atoms with Crippen LogP contribution in [0.3, 0.4) is 0 Å². The third kappa shape index (κ3) is 11.8. The van der Waals surface area contributed by atoms with Crippen molar-refractivity contribution in [2.75, 3.05) is 12.5 Å². The van der Waals surface area contributed by atoms with E-state index in [-0.39, 0.29) is 11.8 Å². The van der Waals surface area contributed by atoms with Gasteiger partial charge in [0.15, 0.2) is 0 Å². The van der Waals surface area contributed by atoms with Crippen LogP contribution in [0, 0.1) is 5.41 Å². The molecule has 3 aromatic rings. The fourth-order valence-electron chi connectivity index (χ4n) is 2.20. The molecule has 0 aliphatic heterocycles. The molecule has 0 atom stereocenters. The zero-order valence-corrected chi connectivity index (χ0v) is 18.7. The molecule has 0 unspecified atom stereocenters. The standard InChI is InChI=1S/C18H14N2O2.2CH4O3S/c19-17(20)15-7-6-14-11-16(9-8-13(14)10-15)22-18(21)12-4-2-1-3-5-12;2*1-5(2,3)4/h1-11H,(H3,19,20);2*1H3,(H,2,3,4). The highest BCUT2D eigenvalue weighted by Crippen LogP contribution is 2.22. The number of nitrogens with two attached hydrogens (primary N) is 1. The molecular formula is C20H22N2O8S2. The number of carbonyl (C=O) groups is 1. The molecule has 3 aromatic carbocycles. The summed E-state index contributed by atoms with van der Waals surface area (Å²) in [6.45, 7) is 0. The Balaban J connectivity index is 0.000000431. The fraction of sp³-hybridized carbons (Fsp3) is 0.100. The lowest BCUT2D eigenvalue weighted by Crippen LogP contribution is -2.10. The van der Waals surface area contributed by atoms with Crippen LogP contribution < -0.4 is 10.5 Å². The highest BCUT2D eigenvalue weighted by molar-refractivity contribution is 7.85. The number of nitrogens with one attached hydrogen (secondary N) is 1. The van der Waals surface area contributed by atoms with Crippen molar-refractivity contribution in [3.05, 3.63) is 77.9 Å². The molecule has 0 fully saturated rings. The number of carbonyl (C=O) groups excluding carboxylic acids is 1. The minimum atomic E-state index is -3.67. The van der Waals surface area contributed by atoms with Gasteiger partial charge in [0.1, 0.15) is 11.6 Å². The largest absolute Gasteiger partial charge is 0.423 e. The zero-order chi connectivity index (χ0) is 24.5. The van der Waals surface area contributed by atoms with Crippen molar-refractivity contribution in [3.63, 3.8) is 0 Å². The zero-order valence-electron chi connectivity index (χ0n) is 17.1. The molecule has 0 spiro atoms. The molecule has 0 bridgehead atoms. The van der Waals surface area contributed by atoms with Crippen LogP contribution in [0.5, 0.6) is 5.75 Å². The van der Waals surface area contributed by atoms with Gasteiger partial charge in [-0.1, -0.05) is 36.4 Å². The van der Waals surface area contributed by atoms with Gasteiger partial charge in [0, 0.05) is 5.56 Å². The first-order chi connectivity index (χ1) is 14.6. The topological polar surface area (TPSA) is 185 Å². The molecule has 12 heteroatoms. The average molecular weight is 483 g/mol. The molecule has 0 heterocycles.